The summed E-state index contributed by atoms with van der Waals surface area (Å²) in [7, 11) is -4.06. The van der Waals surface area contributed by atoms with Gasteiger partial charge < -0.3 is 10.6 Å². The van der Waals surface area contributed by atoms with Gasteiger partial charge in [-0.15, -0.1) is 0 Å². The summed E-state index contributed by atoms with van der Waals surface area (Å²) in [6, 6.07) is 5.29. The van der Waals surface area contributed by atoms with Crippen molar-refractivity contribution in [1.29, 1.82) is 0 Å². The number of sulfonamides is 1. The average molecular weight is 403 g/mol. The summed E-state index contributed by atoms with van der Waals surface area (Å²) in [4.78, 5) is 7.97. The SMILES string of the molecule is CCNc1nc(C)cc(NCCNS(=O)(=O)c2cccc(C(F)(F)F)c2)n1. The number of nitrogens with zero attached hydrogens (tertiary/aromatic N) is 2. The van der Waals surface area contributed by atoms with E-state index in [9.17, 15) is 21.6 Å². The van der Waals surface area contributed by atoms with Gasteiger partial charge in [0.2, 0.25) is 16.0 Å². The van der Waals surface area contributed by atoms with Gasteiger partial charge in [0.1, 0.15) is 5.82 Å². The molecule has 2 rings (SSSR count). The van der Waals surface area contributed by atoms with Gasteiger partial charge >= 0.3 is 6.18 Å². The Balaban J connectivity index is 1.97. The minimum atomic E-state index is -4.61. The van der Waals surface area contributed by atoms with Crippen LogP contribution in [0.3, 0.4) is 0 Å². The topological polar surface area (TPSA) is 96.0 Å². The van der Waals surface area contributed by atoms with Gasteiger partial charge in [-0.1, -0.05) is 6.07 Å². The molecule has 0 radical (unpaired) electrons. The van der Waals surface area contributed by atoms with E-state index in [-0.39, 0.29) is 13.1 Å². The second kappa shape index (κ2) is 8.53. The Kier molecular flexibility index (Phi) is 6.60. The Labute approximate surface area is 155 Å². The zero-order valence-electron chi connectivity index (χ0n) is 14.8. The maximum absolute atomic E-state index is 12.7. The molecule has 0 atom stereocenters. The van der Waals surface area contributed by atoms with Gasteiger partial charge in [-0.3, -0.25) is 0 Å². The van der Waals surface area contributed by atoms with Crippen molar-refractivity contribution < 1.29 is 21.6 Å². The zero-order valence-corrected chi connectivity index (χ0v) is 15.6. The van der Waals surface area contributed by atoms with E-state index in [0.29, 0.717) is 24.4 Å². The maximum Gasteiger partial charge on any atom is 0.416 e. The highest BCUT2D eigenvalue weighted by Gasteiger charge is 2.31. The van der Waals surface area contributed by atoms with Crippen LogP contribution in [-0.4, -0.2) is 38.0 Å². The molecule has 0 fully saturated rings. The number of nitrogens with one attached hydrogen (secondary N) is 3. The largest absolute Gasteiger partial charge is 0.416 e. The van der Waals surface area contributed by atoms with Gasteiger partial charge in [-0.05, 0) is 32.0 Å². The van der Waals surface area contributed by atoms with E-state index in [1.54, 1.807) is 13.0 Å². The minimum absolute atomic E-state index is 0.0296. The number of alkyl halides is 3. The van der Waals surface area contributed by atoms with E-state index in [1.807, 2.05) is 6.92 Å². The van der Waals surface area contributed by atoms with E-state index in [4.69, 9.17) is 0 Å². The summed E-state index contributed by atoms with van der Waals surface area (Å²) in [5.74, 6) is 0.960. The summed E-state index contributed by atoms with van der Waals surface area (Å²) in [5.41, 5.74) is -0.288. The fourth-order valence-corrected chi connectivity index (χ4v) is 3.27. The number of anilines is 2. The molecule has 0 spiro atoms. The third kappa shape index (κ3) is 6.07. The van der Waals surface area contributed by atoms with Crippen LogP contribution < -0.4 is 15.4 Å². The van der Waals surface area contributed by atoms with Gasteiger partial charge in [-0.2, -0.15) is 18.2 Å². The molecule has 0 aliphatic carbocycles. The smallest absolute Gasteiger partial charge is 0.369 e. The molecule has 0 saturated carbocycles. The van der Waals surface area contributed by atoms with Crippen molar-refractivity contribution in [2.24, 2.45) is 0 Å². The summed E-state index contributed by atoms with van der Waals surface area (Å²) >= 11 is 0. The lowest BCUT2D eigenvalue weighted by atomic mass is 10.2. The number of aryl methyl sites for hydroxylation is 1. The molecule has 2 aromatic rings. The van der Waals surface area contributed by atoms with Crippen molar-refractivity contribution >= 4 is 21.8 Å². The molecule has 7 nitrogen and oxygen atoms in total. The first-order valence-corrected chi connectivity index (χ1v) is 9.60. The highest BCUT2D eigenvalue weighted by Crippen LogP contribution is 2.30. The first-order chi connectivity index (χ1) is 12.6. The Bertz CT molecular complexity index is 888. The first-order valence-electron chi connectivity index (χ1n) is 8.12. The summed E-state index contributed by atoms with van der Waals surface area (Å²) < 4.78 is 64.8. The Hall–Kier alpha value is -2.40. The molecule has 1 aromatic carbocycles. The zero-order chi connectivity index (χ0) is 20.1. The van der Waals surface area contributed by atoms with Crippen molar-refractivity contribution in [3.63, 3.8) is 0 Å². The second-order valence-corrected chi connectivity index (χ2v) is 7.37. The molecule has 3 N–H and O–H groups in total. The molecule has 11 heteroatoms. The lowest BCUT2D eigenvalue weighted by Crippen LogP contribution is -2.29. The minimum Gasteiger partial charge on any atom is -0.369 e. The van der Waals surface area contributed by atoms with Crippen LogP contribution in [0, 0.1) is 6.92 Å². The molecular formula is C16H20F3N5O2S. The lowest BCUT2D eigenvalue weighted by Gasteiger charge is -2.11. The third-order valence-corrected chi connectivity index (χ3v) is 4.84. The predicted octanol–water partition coefficient (Wildman–Crippen LogP) is 2.63. The van der Waals surface area contributed by atoms with Crippen molar-refractivity contribution in [2.45, 2.75) is 24.9 Å². The summed E-state index contributed by atoms with van der Waals surface area (Å²) in [6.07, 6.45) is -4.61. The molecule has 0 aliphatic heterocycles. The highest BCUT2D eigenvalue weighted by molar-refractivity contribution is 7.89. The van der Waals surface area contributed by atoms with E-state index >= 15 is 0 Å². The number of rotatable bonds is 8. The Morgan fingerprint density at radius 2 is 1.81 bits per heavy atom. The third-order valence-electron chi connectivity index (χ3n) is 3.38. The molecule has 0 bridgehead atoms. The molecular weight excluding hydrogens is 383 g/mol. The van der Waals surface area contributed by atoms with Crippen LogP contribution in [0.1, 0.15) is 18.2 Å². The quantitative estimate of drug-likeness (QED) is 0.587. The Morgan fingerprint density at radius 1 is 1.07 bits per heavy atom. The number of benzene rings is 1. The van der Waals surface area contributed by atoms with Crippen LogP contribution in [-0.2, 0) is 16.2 Å². The van der Waals surface area contributed by atoms with Gasteiger partial charge in [0.25, 0.3) is 0 Å². The van der Waals surface area contributed by atoms with E-state index in [0.717, 1.165) is 23.9 Å². The maximum atomic E-state index is 12.7. The standard InChI is InChI=1S/C16H20F3N5O2S/c1-3-20-15-23-11(2)9-14(24-15)21-7-8-22-27(25,26)13-6-4-5-12(10-13)16(17,18)19/h4-6,9-10,22H,3,7-8H2,1-2H3,(H2,20,21,23,24). The summed E-state index contributed by atoms with van der Waals surface area (Å²) in [5, 5.41) is 5.92. The Morgan fingerprint density at radius 3 is 2.48 bits per heavy atom. The van der Waals surface area contributed by atoms with Crippen molar-refractivity contribution in [3.8, 4) is 0 Å². The average Bonchev–Trinajstić information content (AvgIpc) is 2.58. The van der Waals surface area contributed by atoms with Crippen LogP contribution >= 0.6 is 0 Å². The molecule has 0 saturated heterocycles. The monoisotopic (exact) mass is 403 g/mol. The van der Waals surface area contributed by atoms with Crippen LogP contribution in [0.5, 0.6) is 0 Å². The molecule has 1 aromatic heterocycles. The van der Waals surface area contributed by atoms with Gasteiger partial charge in [0.05, 0.1) is 10.5 Å². The number of hydrogen-bond acceptors (Lipinski definition) is 6. The van der Waals surface area contributed by atoms with Crippen molar-refractivity contribution in [1.82, 2.24) is 14.7 Å². The molecule has 148 valence electrons. The van der Waals surface area contributed by atoms with Crippen LogP contribution in [0.2, 0.25) is 0 Å². The summed E-state index contributed by atoms with van der Waals surface area (Å²) in [6.45, 7) is 4.52. The van der Waals surface area contributed by atoms with Crippen molar-refractivity contribution in [2.75, 3.05) is 30.3 Å². The molecule has 0 aliphatic rings. The lowest BCUT2D eigenvalue weighted by molar-refractivity contribution is -0.137. The fourth-order valence-electron chi connectivity index (χ4n) is 2.20. The normalized spacial score (nSPS) is 12.0. The molecule has 0 amide bonds. The second-order valence-electron chi connectivity index (χ2n) is 5.60. The number of hydrogen-bond donors (Lipinski definition) is 3. The van der Waals surface area contributed by atoms with E-state index < -0.39 is 26.7 Å². The fraction of sp³-hybridized carbons (Fsp3) is 0.375. The number of aromatic nitrogens is 2. The van der Waals surface area contributed by atoms with Gasteiger partial charge in [0.15, 0.2) is 0 Å². The van der Waals surface area contributed by atoms with E-state index in [1.165, 1.54) is 0 Å². The van der Waals surface area contributed by atoms with Crippen molar-refractivity contribution in [3.05, 3.63) is 41.6 Å². The van der Waals surface area contributed by atoms with Crippen LogP contribution in [0.4, 0.5) is 24.9 Å². The number of halogens is 3. The molecule has 1 heterocycles. The van der Waals surface area contributed by atoms with E-state index in [2.05, 4.69) is 25.3 Å². The van der Waals surface area contributed by atoms with Gasteiger partial charge in [-0.25, -0.2) is 18.1 Å². The highest BCUT2D eigenvalue weighted by atomic mass is 32.2. The predicted molar refractivity (Wildman–Crippen MR) is 96.1 cm³/mol. The van der Waals surface area contributed by atoms with Crippen LogP contribution in [0.25, 0.3) is 0 Å². The molecule has 0 unspecified atom stereocenters. The van der Waals surface area contributed by atoms with Gasteiger partial charge in [0, 0.05) is 31.4 Å². The molecule has 27 heavy (non-hydrogen) atoms. The van der Waals surface area contributed by atoms with Crippen LogP contribution in [0.15, 0.2) is 35.2 Å². The first kappa shape index (κ1) is 20.9.